The van der Waals surface area contributed by atoms with Crippen LogP contribution < -0.4 is 0 Å². The molecule has 4 heterocycles. The molecule has 0 spiro atoms. The molecular weight excluding hydrogens is 667 g/mol. The van der Waals surface area contributed by atoms with Crippen molar-refractivity contribution < 1.29 is 0 Å². The summed E-state index contributed by atoms with van der Waals surface area (Å²) >= 11 is 0. The van der Waals surface area contributed by atoms with E-state index in [2.05, 4.69) is 15.0 Å². The number of aromatic nitrogens is 9. The maximum atomic E-state index is 5.06. The summed E-state index contributed by atoms with van der Waals surface area (Å²) in [6.07, 6.45) is 5.55. The molecule has 0 fully saturated rings. The van der Waals surface area contributed by atoms with Crippen molar-refractivity contribution in [2.24, 2.45) is 0 Å². The smallest absolute Gasteiger partial charge is 0.164 e. The van der Waals surface area contributed by atoms with Crippen molar-refractivity contribution in [1.29, 1.82) is 0 Å². The second-order valence-electron chi connectivity index (χ2n) is 12.8. The van der Waals surface area contributed by atoms with Gasteiger partial charge in [-0.1, -0.05) is 109 Å². The highest BCUT2D eigenvalue weighted by Crippen LogP contribution is 2.31. The minimum atomic E-state index is 0.511. The lowest BCUT2D eigenvalue weighted by Crippen LogP contribution is -2.01. The summed E-state index contributed by atoms with van der Waals surface area (Å²) < 4.78 is 0. The third-order valence-electron chi connectivity index (χ3n) is 9.24. The Balaban J connectivity index is 1.10. The van der Waals surface area contributed by atoms with E-state index < -0.39 is 0 Å². The molecule has 0 atom stereocenters. The first-order valence-corrected chi connectivity index (χ1v) is 17.4. The monoisotopic (exact) mass is 693 g/mol. The van der Waals surface area contributed by atoms with Crippen molar-refractivity contribution in [3.63, 3.8) is 0 Å². The molecule has 9 nitrogen and oxygen atoms in total. The van der Waals surface area contributed by atoms with Gasteiger partial charge in [0.1, 0.15) is 0 Å². The van der Waals surface area contributed by atoms with Gasteiger partial charge in [0.15, 0.2) is 34.9 Å². The highest BCUT2D eigenvalue weighted by atomic mass is 15.0. The zero-order chi connectivity index (χ0) is 35.8. The highest BCUT2D eigenvalue weighted by Gasteiger charge is 2.16. The summed E-state index contributed by atoms with van der Waals surface area (Å²) in [7, 11) is 0. The lowest BCUT2D eigenvalue weighted by molar-refractivity contribution is 1.07. The molecule has 10 aromatic rings. The molecule has 10 rings (SSSR count). The zero-order valence-corrected chi connectivity index (χ0v) is 28.6. The fourth-order valence-corrected chi connectivity index (χ4v) is 6.49. The Labute approximate surface area is 309 Å². The second-order valence-corrected chi connectivity index (χ2v) is 12.8. The van der Waals surface area contributed by atoms with E-state index in [1.165, 1.54) is 0 Å². The Bertz CT molecular complexity index is 2700. The molecule has 6 aromatic carbocycles. The number of fused-ring (bicyclic) bond motifs is 3. The third kappa shape index (κ3) is 5.95. The normalized spacial score (nSPS) is 11.3. The third-order valence-corrected chi connectivity index (χ3v) is 9.24. The summed E-state index contributed by atoms with van der Waals surface area (Å²) in [4.78, 5) is 43.7. The van der Waals surface area contributed by atoms with Crippen LogP contribution in [0, 0.1) is 0 Å². The van der Waals surface area contributed by atoms with Crippen molar-refractivity contribution >= 4 is 32.7 Å². The number of nitrogens with zero attached hydrogens (tertiary/aromatic N) is 9. The van der Waals surface area contributed by atoms with Crippen LogP contribution >= 0.6 is 0 Å². The van der Waals surface area contributed by atoms with Crippen molar-refractivity contribution in [3.8, 4) is 68.3 Å². The van der Waals surface area contributed by atoms with E-state index >= 15 is 0 Å². The molecule has 0 aliphatic rings. The van der Waals surface area contributed by atoms with Crippen LogP contribution in [0.1, 0.15) is 0 Å². The van der Waals surface area contributed by atoms with Crippen LogP contribution in [0.15, 0.2) is 164 Å². The Morgan fingerprint density at radius 2 is 0.519 bits per heavy atom. The van der Waals surface area contributed by atoms with E-state index in [-0.39, 0.29) is 0 Å². The Kier molecular flexibility index (Phi) is 7.58. The first-order chi connectivity index (χ1) is 26.7. The van der Waals surface area contributed by atoms with Crippen LogP contribution in [-0.2, 0) is 0 Å². The maximum Gasteiger partial charge on any atom is 0.164 e. The van der Waals surface area contributed by atoms with E-state index in [1.54, 1.807) is 0 Å². The fourth-order valence-electron chi connectivity index (χ4n) is 6.49. The minimum Gasteiger partial charge on any atom is -0.236 e. The maximum absolute atomic E-state index is 5.06. The van der Waals surface area contributed by atoms with Crippen molar-refractivity contribution in [1.82, 2.24) is 44.9 Å². The SMILES string of the molecule is c1cc(-c2nc(-c3cccc(-c4ncc5ccccc5n4)c3)nc(-c3cccc(-c4ncc5ccccc5n4)c3)n2)cc(-c2ncc3ccccc3n2)c1. The van der Waals surface area contributed by atoms with E-state index in [0.29, 0.717) is 34.9 Å². The Hall–Kier alpha value is -7.65. The Morgan fingerprint density at radius 3 is 0.833 bits per heavy atom. The first-order valence-electron chi connectivity index (χ1n) is 17.4. The van der Waals surface area contributed by atoms with Gasteiger partial charge >= 0.3 is 0 Å². The second kappa shape index (κ2) is 13.2. The first kappa shape index (κ1) is 31.1. The molecule has 0 aliphatic carbocycles. The average Bonchev–Trinajstić information content (AvgIpc) is 3.26. The lowest BCUT2D eigenvalue weighted by atomic mass is 10.1. The molecule has 0 N–H and O–H groups in total. The van der Waals surface area contributed by atoms with Crippen LogP contribution in [-0.4, -0.2) is 44.9 Å². The molecule has 0 aliphatic heterocycles. The molecule has 0 radical (unpaired) electrons. The van der Waals surface area contributed by atoms with Gasteiger partial charge in [0.05, 0.1) is 16.6 Å². The van der Waals surface area contributed by atoms with Crippen LogP contribution in [0.4, 0.5) is 0 Å². The van der Waals surface area contributed by atoms with Crippen LogP contribution in [0.5, 0.6) is 0 Å². The van der Waals surface area contributed by atoms with Gasteiger partial charge in [0.25, 0.3) is 0 Å². The molecule has 0 saturated carbocycles. The van der Waals surface area contributed by atoms with Crippen LogP contribution in [0.2, 0.25) is 0 Å². The van der Waals surface area contributed by atoms with E-state index in [1.807, 2.05) is 164 Å². The number of benzene rings is 6. The molecule has 4 aromatic heterocycles. The summed E-state index contributed by atoms with van der Waals surface area (Å²) in [5.41, 5.74) is 7.61. The largest absolute Gasteiger partial charge is 0.236 e. The average molecular weight is 694 g/mol. The van der Waals surface area contributed by atoms with Gasteiger partial charge in [-0.25, -0.2) is 44.9 Å². The number of para-hydroxylation sites is 3. The molecular formula is C45H27N9. The van der Waals surface area contributed by atoms with Gasteiger partial charge < -0.3 is 0 Å². The molecule has 9 heteroatoms. The van der Waals surface area contributed by atoms with Crippen molar-refractivity contribution in [2.45, 2.75) is 0 Å². The number of rotatable bonds is 6. The predicted octanol–water partition coefficient (Wildman–Crippen LogP) is 9.70. The summed E-state index contributed by atoms with van der Waals surface area (Å²) in [5, 5.41) is 2.95. The summed E-state index contributed by atoms with van der Waals surface area (Å²) in [5.74, 6) is 3.40. The van der Waals surface area contributed by atoms with Gasteiger partial charge in [-0.3, -0.25) is 0 Å². The summed E-state index contributed by atoms with van der Waals surface area (Å²) in [6, 6.07) is 47.8. The summed E-state index contributed by atoms with van der Waals surface area (Å²) in [6.45, 7) is 0. The quantitative estimate of drug-likeness (QED) is 0.168. The van der Waals surface area contributed by atoms with Gasteiger partial charge in [-0.15, -0.1) is 0 Å². The van der Waals surface area contributed by atoms with E-state index in [9.17, 15) is 0 Å². The van der Waals surface area contributed by atoms with Gasteiger partial charge in [0, 0.05) is 68.1 Å². The van der Waals surface area contributed by atoms with Crippen LogP contribution in [0.3, 0.4) is 0 Å². The zero-order valence-electron chi connectivity index (χ0n) is 28.6. The predicted molar refractivity (Wildman–Crippen MR) is 212 cm³/mol. The minimum absolute atomic E-state index is 0.511. The fraction of sp³-hybridized carbons (Fsp3) is 0. The number of hydrogen-bond donors (Lipinski definition) is 0. The van der Waals surface area contributed by atoms with E-state index in [4.69, 9.17) is 29.9 Å². The number of hydrogen-bond acceptors (Lipinski definition) is 9. The van der Waals surface area contributed by atoms with Gasteiger partial charge in [-0.2, -0.15) is 0 Å². The molecule has 0 amide bonds. The van der Waals surface area contributed by atoms with E-state index in [0.717, 1.165) is 66.1 Å². The molecule has 252 valence electrons. The standard InChI is InChI=1S/C45H27N9/c1-4-19-37-34(10-1)25-46-40(49-37)28-13-7-16-31(22-28)43-52-44(32-17-8-14-29(23-32)41-47-26-35-11-2-5-20-38(35)50-41)54-45(53-43)33-18-9-15-30(24-33)42-48-27-36-12-3-6-21-39(36)51-42/h1-27H. The lowest BCUT2D eigenvalue weighted by Gasteiger charge is -2.11. The highest BCUT2D eigenvalue weighted by molar-refractivity contribution is 5.82. The topological polar surface area (TPSA) is 116 Å². The van der Waals surface area contributed by atoms with Crippen molar-refractivity contribution in [2.75, 3.05) is 0 Å². The van der Waals surface area contributed by atoms with Crippen molar-refractivity contribution in [3.05, 3.63) is 164 Å². The Morgan fingerprint density at radius 1 is 0.241 bits per heavy atom. The van der Waals surface area contributed by atoms with Gasteiger partial charge in [0.2, 0.25) is 0 Å². The molecule has 54 heavy (non-hydrogen) atoms. The molecule has 0 saturated heterocycles. The van der Waals surface area contributed by atoms with Crippen LogP contribution in [0.25, 0.3) is 101 Å². The molecule has 0 bridgehead atoms. The van der Waals surface area contributed by atoms with Gasteiger partial charge in [-0.05, 0) is 36.4 Å². The molecule has 0 unspecified atom stereocenters.